The number of amides is 1. The maximum atomic E-state index is 12.3. The fourth-order valence-electron chi connectivity index (χ4n) is 2.46. The molecular weight excluding hydrogens is 348 g/mol. The Morgan fingerprint density at radius 1 is 1.08 bits per heavy atom. The lowest BCUT2D eigenvalue weighted by Crippen LogP contribution is -2.14. The largest absolute Gasteiger partial charge is 0.354 e. The van der Waals surface area contributed by atoms with Crippen molar-refractivity contribution in [2.75, 3.05) is 17.2 Å². The Bertz CT molecular complexity index is 882. The summed E-state index contributed by atoms with van der Waals surface area (Å²) in [5.74, 6) is 0.242. The fourth-order valence-corrected chi connectivity index (χ4v) is 2.69. The number of aryl methyl sites for hydroxylation is 1. The third-order valence-corrected chi connectivity index (χ3v) is 4.13. The Morgan fingerprint density at radius 2 is 1.81 bits per heavy atom. The van der Waals surface area contributed by atoms with Crippen molar-refractivity contribution in [2.45, 2.75) is 13.3 Å². The minimum absolute atomic E-state index is 0.258. The molecule has 1 amide bonds. The first-order chi connectivity index (χ1) is 12.6. The molecular formula is C20H19ClN4O. The third-order valence-electron chi connectivity index (χ3n) is 3.89. The summed E-state index contributed by atoms with van der Waals surface area (Å²) >= 11 is 5.93. The van der Waals surface area contributed by atoms with Gasteiger partial charge < -0.3 is 10.6 Å². The molecule has 0 atom stereocenters. The van der Waals surface area contributed by atoms with Gasteiger partial charge in [0.2, 0.25) is 5.95 Å². The van der Waals surface area contributed by atoms with Gasteiger partial charge in [-0.25, -0.2) is 9.97 Å². The van der Waals surface area contributed by atoms with Crippen LogP contribution in [0.3, 0.4) is 0 Å². The van der Waals surface area contributed by atoms with Gasteiger partial charge in [-0.1, -0.05) is 41.9 Å². The smallest absolute Gasteiger partial charge is 0.258 e. The van der Waals surface area contributed by atoms with Gasteiger partial charge >= 0.3 is 0 Å². The molecule has 0 aliphatic carbocycles. The Morgan fingerprint density at radius 3 is 2.50 bits per heavy atom. The van der Waals surface area contributed by atoms with Crippen LogP contribution in [-0.4, -0.2) is 22.4 Å². The van der Waals surface area contributed by atoms with E-state index in [-0.39, 0.29) is 5.91 Å². The van der Waals surface area contributed by atoms with Crippen molar-refractivity contribution in [3.8, 4) is 0 Å². The summed E-state index contributed by atoms with van der Waals surface area (Å²) in [7, 11) is 0. The summed E-state index contributed by atoms with van der Waals surface area (Å²) < 4.78 is 0. The minimum atomic E-state index is -0.258. The normalized spacial score (nSPS) is 10.4. The molecule has 0 aliphatic heterocycles. The van der Waals surface area contributed by atoms with E-state index in [1.807, 2.05) is 25.1 Å². The van der Waals surface area contributed by atoms with Gasteiger partial charge in [-0.05, 0) is 42.7 Å². The van der Waals surface area contributed by atoms with Crippen LogP contribution >= 0.6 is 11.6 Å². The van der Waals surface area contributed by atoms with E-state index in [1.165, 1.54) is 18.0 Å². The minimum Gasteiger partial charge on any atom is -0.354 e. The number of hydrogen-bond donors (Lipinski definition) is 2. The summed E-state index contributed by atoms with van der Waals surface area (Å²) in [5, 5.41) is 6.63. The van der Waals surface area contributed by atoms with Crippen LogP contribution in [0, 0.1) is 6.92 Å². The highest BCUT2D eigenvalue weighted by Crippen LogP contribution is 2.20. The number of carbonyl (C=O) groups excluding carboxylic acids is 1. The summed E-state index contributed by atoms with van der Waals surface area (Å²) in [4.78, 5) is 20.7. The van der Waals surface area contributed by atoms with Crippen molar-refractivity contribution in [3.05, 3.63) is 82.6 Å². The lowest BCUT2D eigenvalue weighted by Gasteiger charge is -2.09. The van der Waals surface area contributed by atoms with E-state index in [0.717, 1.165) is 18.5 Å². The van der Waals surface area contributed by atoms with E-state index in [1.54, 1.807) is 18.2 Å². The maximum absolute atomic E-state index is 12.3. The zero-order valence-corrected chi connectivity index (χ0v) is 15.1. The highest BCUT2D eigenvalue weighted by atomic mass is 35.5. The van der Waals surface area contributed by atoms with Crippen LogP contribution in [-0.2, 0) is 6.42 Å². The van der Waals surface area contributed by atoms with Gasteiger partial charge in [0.1, 0.15) is 0 Å². The van der Waals surface area contributed by atoms with Crippen molar-refractivity contribution in [1.82, 2.24) is 9.97 Å². The molecule has 3 aromatic rings. The lowest BCUT2D eigenvalue weighted by molar-refractivity contribution is 0.102. The number of nitrogens with one attached hydrogen (secondary N) is 2. The molecule has 132 valence electrons. The molecule has 0 unspecified atom stereocenters. The van der Waals surface area contributed by atoms with E-state index >= 15 is 0 Å². The number of halogens is 1. The highest BCUT2D eigenvalue weighted by molar-refractivity contribution is 6.30. The molecule has 0 aliphatic rings. The molecule has 26 heavy (non-hydrogen) atoms. The van der Waals surface area contributed by atoms with Gasteiger partial charge in [0.25, 0.3) is 5.91 Å². The second-order valence-corrected chi connectivity index (χ2v) is 6.31. The van der Waals surface area contributed by atoms with Crippen LogP contribution < -0.4 is 10.6 Å². The molecule has 2 N–H and O–H groups in total. The molecule has 0 spiro atoms. The number of carbonyl (C=O) groups is 1. The second-order valence-electron chi connectivity index (χ2n) is 5.87. The molecule has 0 radical (unpaired) electrons. The first-order valence-electron chi connectivity index (χ1n) is 8.29. The van der Waals surface area contributed by atoms with Crippen molar-refractivity contribution in [3.63, 3.8) is 0 Å². The maximum Gasteiger partial charge on any atom is 0.258 e. The first-order valence-corrected chi connectivity index (χ1v) is 8.67. The predicted octanol–water partition coefficient (Wildman–Crippen LogP) is 4.35. The highest BCUT2D eigenvalue weighted by Gasteiger charge is 2.09. The third kappa shape index (κ3) is 4.80. The quantitative estimate of drug-likeness (QED) is 0.680. The van der Waals surface area contributed by atoms with Crippen LogP contribution in [0.25, 0.3) is 0 Å². The van der Waals surface area contributed by atoms with Crippen molar-refractivity contribution >= 4 is 29.1 Å². The topological polar surface area (TPSA) is 66.9 Å². The number of anilines is 2. The van der Waals surface area contributed by atoms with Gasteiger partial charge in [-0.2, -0.15) is 0 Å². The van der Waals surface area contributed by atoms with Gasteiger partial charge in [-0.15, -0.1) is 0 Å². The zero-order chi connectivity index (χ0) is 18.4. The molecule has 1 aromatic heterocycles. The molecule has 5 nitrogen and oxygen atoms in total. The standard InChI is InChI=1S/C20H19ClN4O/c1-14-11-17(21)7-8-18(14)25-19(26)16-12-23-20(24-13-16)22-10-9-15-5-3-2-4-6-15/h2-8,11-13H,9-10H2,1H3,(H,25,26)(H,22,23,24). The summed E-state index contributed by atoms with van der Waals surface area (Å²) in [5.41, 5.74) is 3.25. The molecule has 0 bridgehead atoms. The van der Waals surface area contributed by atoms with Crippen LogP contribution in [0.1, 0.15) is 21.5 Å². The Hall–Kier alpha value is -2.92. The Balaban J connectivity index is 1.55. The first kappa shape index (κ1) is 17.9. The number of rotatable bonds is 6. The average Bonchev–Trinajstić information content (AvgIpc) is 2.65. The summed E-state index contributed by atoms with van der Waals surface area (Å²) in [6.07, 6.45) is 3.90. The molecule has 3 rings (SSSR count). The van der Waals surface area contributed by atoms with Crippen LogP contribution in [0.5, 0.6) is 0 Å². The van der Waals surface area contributed by atoms with Crippen LogP contribution in [0.15, 0.2) is 60.9 Å². The van der Waals surface area contributed by atoms with Crippen LogP contribution in [0.4, 0.5) is 11.6 Å². The SMILES string of the molecule is Cc1cc(Cl)ccc1NC(=O)c1cnc(NCCc2ccccc2)nc1. The summed E-state index contributed by atoms with van der Waals surface area (Å²) in [6.45, 7) is 2.61. The molecule has 6 heteroatoms. The predicted molar refractivity (Wildman–Crippen MR) is 105 cm³/mol. The van der Waals surface area contributed by atoms with Crippen molar-refractivity contribution in [2.24, 2.45) is 0 Å². The van der Waals surface area contributed by atoms with Crippen LogP contribution in [0.2, 0.25) is 5.02 Å². The molecule has 1 heterocycles. The van der Waals surface area contributed by atoms with E-state index in [2.05, 4.69) is 32.7 Å². The number of hydrogen-bond acceptors (Lipinski definition) is 4. The number of benzene rings is 2. The van der Waals surface area contributed by atoms with Crippen molar-refractivity contribution < 1.29 is 4.79 Å². The van der Waals surface area contributed by atoms with E-state index in [9.17, 15) is 4.79 Å². The molecule has 0 saturated carbocycles. The molecule has 0 saturated heterocycles. The second kappa shape index (κ2) is 8.45. The van der Waals surface area contributed by atoms with E-state index in [0.29, 0.717) is 22.2 Å². The van der Waals surface area contributed by atoms with E-state index in [4.69, 9.17) is 11.6 Å². The zero-order valence-electron chi connectivity index (χ0n) is 14.4. The lowest BCUT2D eigenvalue weighted by atomic mass is 10.1. The molecule has 2 aromatic carbocycles. The van der Waals surface area contributed by atoms with E-state index < -0.39 is 0 Å². The Labute approximate surface area is 157 Å². The average molecular weight is 367 g/mol. The van der Waals surface area contributed by atoms with Gasteiger partial charge in [0.15, 0.2) is 0 Å². The Kier molecular flexibility index (Phi) is 5.81. The van der Waals surface area contributed by atoms with Gasteiger partial charge in [0, 0.05) is 29.6 Å². The van der Waals surface area contributed by atoms with Crippen molar-refractivity contribution in [1.29, 1.82) is 0 Å². The fraction of sp³-hybridized carbons (Fsp3) is 0.150. The number of nitrogens with zero attached hydrogens (tertiary/aromatic N) is 2. The summed E-state index contributed by atoms with van der Waals surface area (Å²) in [6, 6.07) is 15.5. The number of aromatic nitrogens is 2. The molecule has 0 fully saturated rings. The monoisotopic (exact) mass is 366 g/mol. The van der Waals surface area contributed by atoms with Gasteiger partial charge in [-0.3, -0.25) is 4.79 Å². The van der Waals surface area contributed by atoms with Gasteiger partial charge in [0.05, 0.1) is 5.56 Å².